The molecule has 0 saturated carbocycles. The Balaban J connectivity index is 1.95. The summed E-state index contributed by atoms with van der Waals surface area (Å²) in [5.41, 5.74) is 13.1. The van der Waals surface area contributed by atoms with E-state index in [0.717, 1.165) is 11.3 Å². The van der Waals surface area contributed by atoms with Crippen LogP contribution in [0.25, 0.3) is 0 Å². The lowest BCUT2D eigenvalue weighted by atomic mass is 9.84. The van der Waals surface area contributed by atoms with E-state index in [2.05, 4.69) is 0 Å². The summed E-state index contributed by atoms with van der Waals surface area (Å²) in [6, 6.07) is 3.60. The number of nitrogens with zero attached hydrogens (tertiary/aromatic N) is 1. The highest BCUT2D eigenvalue weighted by Gasteiger charge is 2.43. The second-order valence-corrected chi connectivity index (χ2v) is 6.90. The molecule has 3 rings (SSSR count). The van der Waals surface area contributed by atoms with Crippen molar-refractivity contribution in [1.82, 2.24) is 4.57 Å². The van der Waals surface area contributed by atoms with Gasteiger partial charge in [0.2, 0.25) is 0 Å². The van der Waals surface area contributed by atoms with Crippen LogP contribution in [0.15, 0.2) is 35.6 Å². The van der Waals surface area contributed by atoms with Gasteiger partial charge in [-0.15, -0.1) is 0 Å². The van der Waals surface area contributed by atoms with E-state index < -0.39 is 11.1 Å². The predicted molar refractivity (Wildman–Crippen MR) is 89.2 cm³/mol. The van der Waals surface area contributed by atoms with Gasteiger partial charge in [-0.25, -0.2) is 0 Å². The van der Waals surface area contributed by atoms with E-state index in [9.17, 15) is 5.11 Å². The topological polar surface area (TPSA) is 95.7 Å². The van der Waals surface area contributed by atoms with Crippen molar-refractivity contribution in [3.63, 3.8) is 0 Å². The average molecular weight is 319 g/mol. The van der Waals surface area contributed by atoms with E-state index in [1.807, 2.05) is 43.5 Å². The molecule has 1 aromatic rings. The molecule has 1 aliphatic carbocycles. The Morgan fingerprint density at radius 3 is 2.61 bits per heavy atom. The molecule has 2 heterocycles. The lowest BCUT2D eigenvalue weighted by molar-refractivity contribution is -0.126. The lowest BCUT2D eigenvalue weighted by Crippen LogP contribution is -2.62. The van der Waals surface area contributed by atoms with Gasteiger partial charge < -0.3 is 30.6 Å². The van der Waals surface area contributed by atoms with Crippen LogP contribution in [-0.2, 0) is 9.47 Å². The zero-order valence-corrected chi connectivity index (χ0v) is 13.9. The number of aliphatic hydroxyl groups excluding tert-OH is 1. The predicted octanol–water partition coefficient (Wildman–Crippen LogP) is 1.82. The fraction of sp³-hybridized carbons (Fsp3) is 0.529. The first-order chi connectivity index (χ1) is 10.8. The van der Waals surface area contributed by atoms with Gasteiger partial charge in [0, 0.05) is 5.69 Å². The largest absolute Gasteiger partial charge is 0.508 e. The summed E-state index contributed by atoms with van der Waals surface area (Å²) in [6.07, 6.45) is 3.56. The van der Waals surface area contributed by atoms with E-state index in [-0.39, 0.29) is 11.8 Å². The van der Waals surface area contributed by atoms with Crippen LogP contribution in [0.5, 0.6) is 0 Å². The van der Waals surface area contributed by atoms with Crippen LogP contribution in [0.2, 0.25) is 0 Å². The van der Waals surface area contributed by atoms with Crippen molar-refractivity contribution in [2.24, 2.45) is 5.73 Å². The first-order valence-electron chi connectivity index (χ1n) is 7.79. The second kappa shape index (κ2) is 5.40. The number of hydrogen-bond donors (Lipinski definition) is 3. The molecule has 1 aliphatic heterocycles. The molecule has 5 N–H and O–H groups in total. The Morgan fingerprint density at radius 2 is 2.09 bits per heavy atom. The molecule has 2 aliphatic rings. The van der Waals surface area contributed by atoms with Crippen LogP contribution in [0.4, 0.5) is 5.82 Å². The SMILES string of the molecule is CC1=C(O)C=CC(C)(OCC2(N)COC2)C1n1c(C)ccc1N. The maximum absolute atomic E-state index is 10.2. The van der Waals surface area contributed by atoms with Gasteiger partial charge in [0.15, 0.2) is 0 Å². The lowest BCUT2D eigenvalue weighted by Gasteiger charge is -2.44. The molecular formula is C17H25N3O3. The van der Waals surface area contributed by atoms with Crippen LogP contribution in [0.1, 0.15) is 25.6 Å². The van der Waals surface area contributed by atoms with Gasteiger partial charge in [0.1, 0.15) is 17.2 Å². The van der Waals surface area contributed by atoms with Gasteiger partial charge in [-0.05, 0) is 50.6 Å². The maximum atomic E-state index is 10.2. The molecule has 6 heteroatoms. The third-order valence-corrected chi connectivity index (χ3v) is 4.79. The van der Waals surface area contributed by atoms with Crippen molar-refractivity contribution in [3.05, 3.63) is 41.3 Å². The molecule has 0 spiro atoms. The Hall–Kier alpha value is -1.76. The number of anilines is 1. The number of aromatic nitrogens is 1. The van der Waals surface area contributed by atoms with E-state index in [0.29, 0.717) is 25.6 Å². The summed E-state index contributed by atoms with van der Waals surface area (Å²) < 4.78 is 13.4. The molecule has 0 bridgehead atoms. The summed E-state index contributed by atoms with van der Waals surface area (Å²) in [5.74, 6) is 0.886. The second-order valence-electron chi connectivity index (χ2n) is 6.90. The smallest absolute Gasteiger partial charge is 0.116 e. The Labute approximate surface area is 136 Å². The zero-order valence-electron chi connectivity index (χ0n) is 13.9. The molecule has 0 aromatic carbocycles. The van der Waals surface area contributed by atoms with Crippen molar-refractivity contribution in [3.8, 4) is 0 Å². The Bertz CT molecular complexity index is 653. The van der Waals surface area contributed by atoms with Crippen LogP contribution in [-0.4, -0.2) is 40.6 Å². The number of nitrogens with two attached hydrogens (primary N) is 2. The van der Waals surface area contributed by atoms with Crippen LogP contribution < -0.4 is 11.5 Å². The summed E-state index contributed by atoms with van der Waals surface area (Å²) >= 11 is 0. The molecule has 0 radical (unpaired) electrons. The van der Waals surface area contributed by atoms with Gasteiger partial charge in [0.05, 0.1) is 31.4 Å². The zero-order chi connectivity index (χ0) is 16.8. The number of allylic oxidation sites excluding steroid dienone is 1. The summed E-state index contributed by atoms with van der Waals surface area (Å²) in [6.45, 7) is 7.27. The average Bonchev–Trinajstić information content (AvgIpc) is 2.80. The highest BCUT2D eigenvalue weighted by molar-refractivity contribution is 5.41. The van der Waals surface area contributed by atoms with Crippen molar-refractivity contribution in [2.75, 3.05) is 25.6 Å². The van der Waals surface area contributed by atoms with Crippen LogP contribution in [0, 0.1) is 6.92 Å². The number of nitrogen functional groups attached to an aromatic ring is 1. The molecule has 2 unspecified atom stereocenters. The third-order valence-electron chi connectivity index (χ3n) is 4.79. The molecule has 6 nitrogen and oxygen atoms in total. The van der Waals surface area contributed by atoms with E-state index in [1.165, 1.54) is 0 Å². The number of hydrogen-bond acceptors (Lipinski definition) is 5. The van der Waals surface area contributed by atoms with Crippen molar-refractivity contribution >= 4 is 5.82 Å². The summed E-state index contributed by atoms with van der Waals surface area (Å²) in [7, 11) is 0. The minimum absolute atomic E-state index is 0.230. The van der Waals surface area contributed by atoms with Crippen molar-refractivity contribution in [2.45, 2.75) is 38.0 Å². The molecule has 2 atom stereocenters. The van der Waals surface area contributed by atoms with Gasteiger partial charge in [0.25, 0.3) is 0 Å². The Kier molecular flexibility index (Phi) is 3.78. The standard InChI is InChI=1S/C17H25N3O3/c1-11-4-5-14(18)20(11)15-12(2)13(21)6-7-16(15,3)23-10-17(19)8-22-9-17/h4-7,15,21H,8-10,18-19H2,1-3H3. The first kappa shape index (κ1) is 16.1. The fourth-order valence-electron chi connectivity index (χ4n) is 3.28. The summed E-state index contributed by atoms with van der Waals surface area (Å²) in [4.78, 5) is 0. The molecule has 1 fully saturated rings. The minimum Gasteiger partial charge on any atom is -0.508 e. The summed E-state index contributed by atoms with van der Waals surface area (Å²) in [5, 5.41) is 10.2. The quantitative estimate of drug-likeness (QED) is 0.787. The first-order valence-corrected chi connectivity index (χ1v) is 7.79. The van der Waals surface area contributed by atoms with E-state index in [1.54, 1.807) is 6.08 Å². The number of aryl methyl sites for hydroxylation is 1. The van der Waals surface area contributed by atoms with Crippen molar-refractivity contribution in [1.29, 1.82) is 0 Å². The molecule has 126 valence electrons. The van der Waals surface area contributed by atoms with Gasteiger partial charge in [-0.2, -0.15) is 0 Å². The number of ether oxygens (including phenoxy) is 2. The van der Waals surface area contributed by atoms with E-state index >= 15 is 0 Å². The molecule has 1 saturated heterocycles. The minimum atomic E-state index is -0.657. The van der Waals surface area contributed by atoms with Gasteiger partial charge in [-0.3, -0.25) is 0 Å². The van der Waals surface area contributed by atoms with E-state index in [4.69, 9.17) is 20.9 Å². The molecule has 1 aromatic heterocycles. The van der Waals surface area contributed by atoms with Crippen LogP contribution in [0.3, 0.4) is 0 Å². The third kappa shape index (κ3) is 2.67. The fourth-order valence-corrected chi connectivity index (χ4v) is 3.28. The molecule has 0 amide bonds. The highest BCUT2D eigenvalue weighted by Crippen LogP contribution is 2.41. The van der Waals surface area contributed by atoms with Gasteiger partial charge in [-0.1, -0.05) is 0 Å². The number of aliphatic hydroxyl groups is 1. The van der Waals surface area contributed by atoms with Gasteiger partial charge >= 0.3 is 0 Å². The maximum Gasteiger partial charge on any atom is 0.116 e. The molecule has 23 heavy (non-hydrogen) atoms. The monoisotopic (exact) mass is 319 g/mol. The Morgan fingerprint density at radius 1 is 1.39 bits per heavy atom. The van der Waals surface area contributed by atoms with Crippen molar-refractivity contribution < 1.29 is 14.6 Å². The molecular weight excluding hydrogens is 294 g/mol. The van der Waals surface area contributed by atoms with Crippen LogP contribution >= 0.6 is 0 Å². The normalized spacial score (nSPS) is 29.7. The highest BCUT2D eigenvalue weighted by atomic mass is 16.5. The number of rotatable bonds is 4.